The highest BCUT2D eigenvalue weighted by atomic mass is 28.5. The quantitative estimate of drug-likeness (QED) is 0.331. The maximum Gasteiger partial charge on any atom is 0.616 e. The Hall–Kier alpha value is 0.0838. The van der Waals surface area contributed by atoms with Gasteiger partial charge in [-0.1, -0.05) is 26.7 Å². The van der Waals surface area contributed by atoms with Gasteiger partial charge in [0.25, 0.3) is 0 Å². The van der Waals surface area contributed by atoms with Gasteiger partial charge < -0.3 is 0 Å². The van der Waals surface area contributed by atoms with Crippen molar-refractivity contribution in [3.05, 3.63) is 0 Å². The van der Waals surface area contributed by atoms with E-state index in [2.05, 4.69) is 0 Å². The van der Waals surface area contributed by atoms with Gasteiger partial charge in [0.2, 0.25) is 0 Å². The molecule has 0 amide bonds. The van der Waals surface area contributed by atoms with E-state index in [1.807, 2.05) is 6.92 Å². The molecule has 1 unspecified atom stereocenters. The summed E-state index contributed by atoms with van der Waals surface area (Å²) in [7, 11) is -9.79. The molecule has 16 heavy (non-hydrogen) atoms. The molecule has 1 atom stereocenters. The molecule has 0 aromatic heterocycles. The Kier molecular flexibility index (Phi) is 6.77. The van der Waals surface area contributed by atoms with Crippen molar-refractivity contribution in [3.63, 3.8) is 0 Å². The standard InChI is InChI=1S/C9H19F5Si2/c1-3-4-6-15(10,11)7-5-9(2)8-16(12,13)14/h9H,3-8H2,1-2H3. The first-order valence-corrected chi connectivity index (χ1v) is 9.62. The third kappa shape index (κ3) is 9.32. The lowest BCUT2D eigenvalue weighted by molar-refractivity contribution is 0.429. The Bertz CT molecular complexity index is 193. The van der Waals surface area contributed by atoms with Crippen LogP contribution in [0.1, 0.15) is 33.1 Å². The van der Waals surface area contributed by atoms with Crippen molar-refractivity contribution in [1.29, 1.82) is 0 Å². The molecular weight excluding hydrogens is 259 g/mol. The number of unbranched alkanes of at least 4 members (excludes halogenated alkanes) is 1. The van der Waals surface area contributed by atoms with Crippen molar-refractivity contribution in [1.82, 2.24) is 0 Å². The molecule has 0 fully saturated rings. The van der Waals surface area contributed by atoms with Gasteiger partial charge >= 0.3 is 17.8 Å². The molecule has 7 heteroatoms. The van der Waals surface area contributed by atoms with Crippen LogP contribution in [0.4, 0.5) is 20.5 Å². The summed E-state index contributed by atoms with van der Waals surface area (Å²) >= 11 is 0. The van der Waals surface area contributed by atoms with Crippen LogP contribution in [-0.2, 0) is 0 Å². The molecule has 0 heterocycles. The number of halogens is 5. The SMILES string of the molecule is CCCC[Si](F)(F)CCC(C)C[Si](F)(F)F. The van der Waals surface area contributed by atoms with Crippen LogP contribution >= 0.6 is 0 Å². The van der Waals surface area contributed by atoms with Gasteiger partial charge in [-0.15, -0.1) is 0 Å². The van der Waals surface area contributed by atoms with E-state index < -0.39 is 29.8 Å². The lowest BCUT2D eigenvalue weighted by Crippen LogP contribution is -2.24. The van der Waals surface area contributed by atoms with Crippen LogP contribution in [0.3, 0.4) is 0 Å². The van der Waals surface area contributed by atoms with E-state index >= 15 is 0 Å². The molecule has 0 saturated heterocycles. The average Bonchev–Trinajstić information content (AvgIpc) is 2.09. The summed E-state index contributed by atoms with van der Waals surface area (Å²) < 4.78 is 62.8. The van der Waals surface area contributed by atoms with E-state index in [1.54, 1.807) is 0 Å². The van der Waals surface area contributed by atoms with Crippen molar-refractivity contribution < 1.29 is 20.5 Å². The molecule has 0 aliphatic carbocycles. The molecule has 0 nitrogen and oxygen atoms in total. The zero-order chi connectivity index (χ0) is 12.8. The molecule has 0 aliphatic heterocycles. The van der Waals surface area contributed by atoms with Crippen LogP contribution in [0, 0.1) is 5.92 Å². The molecule has 0 aromatic rings. The van der Waals surface area contributed by atoms with E-state index in [9.17, 15) is 20.5 Å². The third-order valence-corrected chi connectivity index (χ3v) is 5.74. The Morgan fingerprint density at radius 1 is 1.00 bits per heavy atom. The summed E-state index contributed by atoms with van der Waals surface area (Å²) in [6.45, 7) is 3.26. The Labute approximate surface area is 96.1 Å². The van der Waals surface area contributed by atoms with Crippen LogP contribution in [0.5, 0.6) is 0 Å². The molecule has 0 spiro atoms. The minimum atomic E-state index is -5.57. The molecule has 0 aliphatic rings. The summed E-state index contributed by atoms with van der Waals surface area (Å²) in [5, 5.41) is 0. The monoisotopic (exact) mass is 278 g/mol. The van der Waals surface area contributed by atoms with E-state index in [-0.39, 0.29) is 18.5 Å². The summed E-state index contributed by atoms with van der Waals surface area (Å²) in [5.41, 5.74) is 0. The fraction of sp³-hybridized carbons (Fsp3) is 1.00. The summed E-state index contributed by atoms with van der Waals surface area (Å²) in [6, 6.07) is -1.16. The predicted molar refractivity (Wildman–Crippen MR) is 60.2 cm³/mol. The van der Waals surface area contributed by atoms with Crippen LogP contribution in [0.15, 0.2) is 0 Å². The van der Waals surface area contributed by atoms with Crippen molar-refractivity contribution in [2.45, 2.75) is 51.2 Å². The van der Waals surface area contributed by atoms with E-state index in [1.165, 1.54) is 6.92 Å². The summed E-state index contributed by atoms with van der Waals surface area (Å²) in [6.07, 6.45) is 1.23. The topological polar surface area (TPSA) is 0 Å². The molecule has 0 saturated carbocycles. The van der Waals surface area contributed by atoms with Crippen LogP contribution in [0.2, 0.25) is 18.1 Å². The van der Waals surface area contributed by atoms with E-state index in [4.69, 9.17) is 0 Å². The second-order valence-electron chi connectivity index (χ2n) is 4.42. The minimum absolute atomic E-state index is 0.0233. The molecule has 0 rings (SSSR count). The normalized spacial score (nSPS) is 15.2. The number of hydrogen-bond acceptors (Lipinski definition) is 0. The van der Waals surface area contributed by atoms with Gasteiger partial charge in [-0.05, 0) is 24.4 Å². The number of rotatable bonds is 8. The van der Waals surface area contributed by atoms with Gasteiger partial charge in [-0.3, -0.25) is 8.22 Å². The van der Waals surface area contributed by atoms with Crippen molar-refractivity contribution >= 4 is 17.8 Å². The zero-order valence-corrected chi connectivity index (χ0v) is 11.7. The first kappa shape index (κ1) is 16.1. The van der Waals surface area contributed by atoms with Crippen LogP contribution in [0.25, 0.3) is 0 Å². The highest BCUT2D eigenvalue weighted by molar-refractivity contribution is 6.66. The third-order valence-electron chi connectivity index (χ3n) is 2.48. The predicted octanol–water partition coefficient (Wildman–Crippen LogP) is 5.04. The van der Waals surface area contributed by atoms with Gasteiger partial charge in [0.15, 0.2) is 0 Å². The van der Waals surface area contributed by atoms with E-state index in [0.29, 0.717) is 12.8 Å². The molecular formula is C9H19F5Si2. The molecule has 98 valence electrons. The van der Waals surface area contributed by atoms with Crippen molar-refractivity contribution in [2.24, 2.45) is 5.92 Å². The second-order valence-corrected chi connectivity index (χ2v) is 8.77. The molecule has 0 bridgehead atoms. The lowest BCUT2D eigenvalue weighted by Gasteiger charge is -2.16. The Morgan fingerprint density at radius 3 is 2.00 bits per heavy atom. The molecule has 0 N–H and O–H groups in total. The first-order chi connectivity index (χ1) is 7.16. The van der Waals surface area contributed by atoms with Crippen LogP contribution in [-0.4, -0.2) is 17.8 Å². The highest BCUT2D eigenvalue weighted by Gasteiger charge is 2.40. The maximum absolute atomic E-state index is 13.3. The first-order valence-electron chi connectivity index (χ1n) is 5.61. The zero-order valence-electron chi connectivity index (χ0n) is 9.71. The van der Waals surface area contributed by atoms with Crippen molar-refractivity contribution in [3.8, 4) is 0 Å². The summed E-state index contributed by atoms with van der Waals surface area (Å²) in [4.78, 5) is 0. The van der Waals surface area contributed by atoms with E-state index in [0.717, 1.165) is 0 Å². The Morgan fingerprint density at radius 2 is 1.56 bits per heavy atom. The largest absolute Gasteiger partial charge is 0.616 e. The van der Waals surface area contributed by atoms with Gasteiger partial charge in [-0.2, -0.15) is 0 Å². The van der Waals surface area contributed by atoms with Gasteiger partial charge in [-0.25, -0.2) is 12.3 Å². The van der Waals surface area contributed by atoms with Crippen molar-refractivity contribution in [2.75, 3.05) is 0 Å². The fourth-order valence-electron chi connectivity index (χ4n) is 1.52. The second kappa shape index (κ2) is 6.73. The maximum atomic E-state index is 13.3. The Balaban J connectivity index is 3.85. The minimum Gasteiger partial charge on any atom is -0.270 e. The number of hydrogen-bond donors (Lipinski definition) is 0. The van der Waals surface area contributed by atoms with Gasteiger partial charge in [0, 0.05) is 6.04 Å². The van der Waals surface area contributed by atoms with Gasteiger partial charge in [0.1, 0.15) is 0 Å². The smallest absolute Gasteiger partial charge is 0.270 e. The lowest BCUT2D eigenvalue weighted by atomic mass is 10.2. The molecule has 0 aromatic carbocycles. The fourth-order valence-corrected chi connectivity index (χ4v) is 4.55. The van der Waals surface area contributed by atoms with Gasteiger partial charge in [0.05, 0.1) is 0 Å². The summed E-state index contributed by atoms with van der Waals surface area (Å²) in [5.74, 6) is -0.633. The highest BCUT2D eigenvalue weighted by Crippen LogP contribution is 2.29. The van der Waals surface area contributed by atoms with Crippen LogP contribution < -0.4 is 0 Å². The molecule has 0 radical (unpaired) electrons. The average molecular weight is 278 g/mol.